The number of aromatic nitrogens is 3. The lowest BCUT2D eigenvalue weighted by atomic mass is 10.2. The van der Waals surface area contributed by atoms with E-state index in [1.54, 1.807) is 0 Å². The molecule has 2 aromatic heterocycles. The van der Waals surface area contributed by atoms with E-state index in [0.717, 1.165) is 68.8 Å². The summed E-state index contributed by atoms with van der Waals surface area (Å²) in [4.78, 5) is 11.6. The highest BCUT2D eigenvalue weighted by atomic mass is 16.5. The maximum absolute atomic E-state index is 5.61. The molecule has 0 amide bonds. The van der Waals surface area contributed by atoms with Crippen molar-refractivity contribution >= 4 is 11.8 Å². The van der Waals surface area contributed by atoms with E-state index in [1.165, 1.54) is 5.69 Å². The second-order valence-electron chi connectivity index (χ2n) is 7.78. The molecule has 0 radical (unpaired) electrons. The zero-order valence-electron chi connectivity index (χ0n) is 18.7. The molecule has 0 bridgehead atoms. The van der Waals surface area contributed by atoms with Gasteiger partial charge in [0.05, 0.1) is 24.9 Å². The Hall–Kier alpha value is -2.61. The first-order valence-electron chi connectivity index (χ1n) is 10.9. The van der Waals surface area contributed by atoms with E-state index in [9.17, 15) is 0 Å². The van der Waals surface area contributed by atoms with Crippen molar-refractivity contribution in [2.24, 2.45) is 4.99 Å². The van der Waals surface area contributed by atoms with Crippen molar-refractivity contribution in [3.63, 3.8) is 0 Å². The third-order valence-corrected chi connectivity index (χ3v) is 5.08. The molecule has 0 spiro atoms. The second kappa shape index (κ2) is 11.0. The lowest BCUT2D eigenvalue weighted by Crippen LogP contribution is -2.41. The van der Waals surface area contributed by atoms with Crippen LogP contribution in [-0.4, -0.2) is 59.6 Å². The highest BCUT2D eigenvalue weighted by molar-refractivity contribution is 5.79. The summed E-state index contributed by atoms with van der Waals surface area (Å²) in [6.45, 7) is 14.0. The van der Waals surface area contributed by atoms with E-state index in [1.807, 2.05) is 13.1 Å². The number of aliphatic imine (C=N–C) groups is 1. The first kappa shape index (κ1) is 22.1. The van der Waals surface area contributed by atoms with Crippen molar-refractivity contribution in [1.29, 1.82) is 0 Å². The molecule has 8 nitrogen and oxygen atoms in total. The number of guanidine groups is 1. The summed E-state index contributed by atoms with van der Waals surface area (Å²) < 4.78 is 7.67. The maximum atomic E-state index is 5.61. The molecule has 164 valence electrons. The molecule has 0 saturated carbocycles. The molecule has 1 saturated heterocycles. The van der Waals surface area contributed by atoms with Crippen LogP contribution in [0.25, 0.3) is 0 Å². The molecule has 30 heavy (non-hydrogen) atoms. The Balaban J connectivity index is 1.48. The molecular formula is C22H35N7O. The predicted molar refractivity (Wildman–Crippen MR) is 121 cm³/mol. The summed E-state index contributed by atoms with van der Waals surface area (Å²) in [6, 6.07) is 6.30. The first-order valence-corrected chi connectivity index (χ1v) is 10.9. The summed E-state index contributed by atoms with van der Waals surface area (Å²) >= 11 is 0. The number of nitrogens with zero attached hydrogens (tertiary/aromatic N) is 5. The average molecular weight is 414 g/mol. The molecule has 2 aromatic rings. The van der Waals surface area contributed by atoms with E-state index in [-0.39, 0.29) is 6.10 Å². The van der Waals surface area contributed by atoms with Crippen molar-refractivity contribution in [1.82, 2.24) is 25.4 Å². The largest absolute Gasteiger partial charge is 0.375 e. The van der Waals surface area contributed by atoms with E-state index in [4.69, 9.17) is 9.73 Å². The summed E-state index contributed by atoms with van der Waals surface area (Å²) in [7, 11) is 0. The van der Waals surface area contributed by atoms with Gasteiger partial charge in [0.15, 0.2) is 5.96 Å². The van der Waals surface area contributed by atoms with Crippen molar-refractivity contribution in [2.45, 2.75) is 53.3 Å². The monoisotopic (exact) mass is 413 g/mol. The summed E-state index contributed by atoms with van der Waals surface area (Å²) in [5, 5.41) is 11.2. The highest BCUT2D eigenvalue weighted by Gasteiger charge is 2.17. The third kappa shape index (κ3) is 6.45. The van der Waals surface area contributed by atoms with Crippen molar-refractivity contribution in [3.8, 4) is 0 Å². The Kier molecular flexibility index (Phi) is 8.07. The fourth-order valence-corrected chi connectivity index (χ4v) is 3.57. The zero-order valence-corrected chi connectivity index (χ0v) is 18.7. The summed E-state index contributed by atoms with van der Waals surface area (Å²) in [6.07, 6.45) is 3.16. The minimum atomic E-state index is 0.250. The molecule has 8 heteroatoms. The molecule has 2 N–H and O–H groups in total. The first-order chi connectivity index (χ1) is 14.5. The van der Waals surface area contributed by atoms with Gasteiger partial charge in [0, 0.05) is 44.6 Å². The molecule has 0 aliphatic carbocycles. The number of morpholine rings is 1. The number of rotatable bonds is 8. The topological polar surface area (TPSA) is 79.6 Å². The van der Waals surface area contributed by atoms with Gasteiger partial charge >= 0.3 is 0 Å². The van der Waals surface area contributed by atoms with Crippen LogP contribution < -0.4 is 15.5 Å². The number of pyridine rings is 1. The molecule has 1 aliphatic heterocycles. The van der Waals surface area contributed by atoms with E-state index >= 15 is 0 Å². The second-order valence-corrected chi connectivity index (χ2v) is 7.78. The van der Waals surface area contributed by atoms with Gasteiger partial charge in [-0.25, -0.2) is 9.98 Å². The number of hydrogen-bond donors (Lipinski definition) is 2. The van der Waals surface area contributed by atoms with Gasteiger partial charge in [0.2, 0.25) is 0 Å². The van der Waals surface area contributed by atoms with Gasteiger partial charge in [-0.05, 0) is 51.8 Å². The summed E-state index contributed by atoms with van der Waals surface area (Å²) in [5.74, 6) is 1.84. The van der Waals surface area contributed by atoms with E-state index < -0.39 is 0 Å². The SMILES string of the molecule is CCNC(=NCc1ccc(N2CCOC(C)C2)nc1)NCCCn1nc(C)cc1C. The molecule has 1 atom stereocenters. The van der Waals surface area contributed by atoms with Crippen LogP contribution in [0.5, 0.6) is 0 Å². The standard InChI is InChI=1S/C22H35N7O/c1-5-23-22(24-9-6-10-29-18(3)13-17(2)27-29)26-15-20-7-8-21(25-14-20)28-11-12-30-19(4)16-28/h7-8,13-14,19H,5-6,9-12,15-16H2,1-4H3,(H2,23,24,26). The molecule has 3 rings (SSSR count). The van der Waals surface area contributed by atoms with Crippen LogP contribution in [0.15, 0.2) is 29.4 Å². The van der Waals surface area contributed by atoms with Crippen LogP contribution in [0.2, 0.25) is 0 Å². The van der Waals surface area contributed by atoms with Crippen molar-refractivity contribution in [2.75, 3.05) is 37.7 Å². The number of anilines is 1. The van der Waals surface area contributed by atoms with Crippen LogP contribution in [0.4, 0.5) is 5.82 Å². The number of aryl methyl sites for hydroxylation is 3. The molecule has 3 heterocycles. The molecule has 0 aromatic carbocycles. The normalized spacial score (nSPS) is 17.3. The van der Waals surface area contributed by atoms with Crippen LogP contribution >= 0.6 is 0 Å². The quantitative estimate of drug-likeness (QED) is 0.393. The van der Waals surface area contributed by atoms with Crippen LogP contribution in [0.1, 0.15) is 37.2 Å². The Morgan fingerprint density at radius 3 is 2.83 bits per heavy atom. The van der Waals surface area contributed by atoms with E-state index in [2.05, 4.69) is 69.3 Å². The highest BCUT2D eigenvalue weighted by Crippen LogP contribution is 2.15. The van der Waals surface area contributed by atoms with Crippen molar-refractivity contribution in [3.05, 3.63) is 41.3 Å². The van der Waals surface area contributed by atoms with Gasteiger partial charge in [-0.1, -0.05) is 6.07 Å². The zero-order chi connectivity index (χ0) is 21.3. The molecule has 1 unspecified atom stereocenters. The maximum Gasteiger partial charge on any atom is 0.191 e. The number of nitrogens with one attached hydrogen (secondary N) is 2. The van der Waals surface area contributed by atoms with Gasteiger partial charge < -0.3 is 20.3 Å². The fraction of sp³-hybridized carbons (Fsp3) is 0.591. The lowest BCUT2D eigenvalue weighted by Gasteiger charge is -2.32. The third-order valence-electron chi connectivity index (χ3n) is 5.08. The Labute approximate surface area is 179 Å². The van der Waals surface area contributed by atoms with Crippen LogP contribution in [-0.2, 0) is 17.8 Å². The van der Waals surface area contributed by atoms with Crippen molar-refractivity contribution < 1.29 is 4.74 Å². The van der Waals surface area contributed by atoms with Gasteiger partial charge in [-0.3, -0.25) is 4.68 Å². The Morgan fingerprint density at radius 2 is 2.17 bits per heavy atom. The van der Waals surface area contributed by atoms with Crippen LogP contribution in [0, 0.1) is 13.8 Å². The average Bonchev–Trinajstić information content (AvgIpc) is 3.06. The van der Waals surface area contributed by atoms with Crippen LogP contribution in [0.3, 0.4) is 0 Å². The summed E-state index contributed by atoms with van der Waals surface area (Å²) in [5.41, 5.74) is 3.37. The minimum Gasteiger partial charge on any atom is -0.375 e. The van der Waals surface area contributed by atoms with Gasteiger partial charge in [-0.2, -0.15) is 5.10 Å². The van der Waals surface area contributed by atoms with Gasteiger partial charge in [0.25, 0.3) is 0 Å². The Bertz CT molecular complexity index is 815. The number of ether oxygens (including phenoxy) is 1. The van der Waals surface area contributed by atoms with E-state index in [0.29, 0.717) is 6.54 Å². The fourth-order valence-electron chi connectivity index (χ4n) is 3.57. The molecular weight excluding hydrogens is 378 g/mol. The molecule has 1 aliphatic rings. The predicted octanol–water partition coefficient (Wildman–Crippen LogP) is 2.27. The minimum absolute atomic E-state index is 0.250. The smallest absolute Gasteiger partial charge is 0.191 e. The molecule has 1 fully saturated rings. The van der Waals surface area contributed by atoms with Gasteiger partial charge in [0.1, 0.15) is 5.82 Å². The Morgan fingerprint density at radius 1 is 1.30 bits per heavy atom. The number of hydrogen-bond acceptors (Lipinski definition) is 5. The lowest BCUT2D eigenvalue weighted by molar-refractivity contribution is 0.0529. The van der Waals surface area contributed by atoms with Gasteiger partial charge in [-0.15, -0.1) is 0 Å².